The molecule has 2 aliphatic heterocycles. The second-order valence-electron chi connectivity index (χ2n) is 6.57. The Kier molecular flexibility index (Phi) is 5.76. The van der Waals surface area contributed by atoms with E-state index in [0.717, 1.165) is 44.6 Å². The van der Waals surface area contributed by atoms with Crippen LogP contribution in [0.1, 0.15) is 25.7 Å². The van der Waals surface area contributed by atoms with E-state index in [1.165, 1.54) is 12.5 Å². The monoisotopic (exact) mass is 338 g/mol. The number of anilines is 1. The van der Waals surface area contributed by atoms with Gasteiger partial charge in [0.25, 0.3) is 0 Å². The van der Waals surface area contributed by atoms with Crippen LogP contribution in [0.15, 0.2) is 18.2 Å². The van der Waals surface area contributed by atoms with Gasteiger partial charge >= 0.3 is 0 Å². The van der Waals surface area contributed by atoms with Crippen LogP contribution >= 0.6 is 0 Å². The fourth-order valence-electron chi connectivity index (χ4n) is 3.49. The van der Waals surface area contributed by atoms with Crippen LogP contribution in [-0.2, 0) is 4.79 Å². The molecule has 2 saturated heterocycles. The minimum Gasteiger partial charge on any atom is -0.326 e. The van der Waals surface area contributed by atoms with Crippen LogP contribution in [0.5, 0.6) is 0 Å². The molecule has 0 aliphatic carbocycles. The summed E-state index contributed by atoms with van der Waals surface area (Å²) in [6, 6.07) is 3.96. The van der Waals surface area contributed by atoms with E-state index in [-0.39, 0.29) is 11.6 Å². The number of likely N-dealkylation sites (tertiary alicyclic amines) is 1. The van der Waals surface area contributed by atoms with E-state index in [1.54, 1.807) is 0 Å². The molecule has 2 fully saturated rings. The maximum Gasteiger partial charge on any atom is 0.225 e. The molecule has 0 radical (unpaired) electrons. The summed E-state index contributed by atoms with van der Waals surface area (Å²) in [4.78, 5) is 14.2. The molecule has 1 aromatic rings. The van der Waals surface area contributed by atoms with Gasteiger partial charge in [-0.1, -0.05) is 0 Å². The van der Waals surface area contributed by atoms with Crippen molar-refractivity contribution in [2.45, 2.75) is 31.7 Å². The summed E-state index contributed by atoms with van der Waals surface area (Å²) in [7, 11) is 0. The Bertz CT molecular complexity index is 570. The predicted molar refractivity (Wildman–Crippen MR) is 88.3 cm³/mol. The Hall–Kier alpha value is -1.57. The van der Waals surface area contributed by atoms with Gasteiger partial charge in [0, 0.05) is 37.3 Å². The van der Waals surface area contributed by atoms with E-state index in [0.29, 0.717) is 24.9 Å². The maximum absolute atomic E-state index is 13.1. The lowest BCUT2D eigenvalue weighted by Crippen LogP contribution is -2.43. The van der Waals surface area contributed by atoms with Gasteiger partial charge in [0.05, 0.1) is 0 Å². The van der Waals surface area contributed by atoms with Crippen molar-refractivity contribution in [3.8, 4) is 0 Å². The first-order valence-corrected chi connectivity index (χ1v) is 8.57. The highest BCUT2D eigenvalue weighted by Crippen LogP contribution is 2.23. The van der Waals surface area contributed by atoms with E-state index < -0.39 is 11.6 Å². The van der Waals surface area contributed by atoms with Crippen LogP contribution in [-0.4, -0.2) is 43.0 Å². The van der Waals surface area contributed by atoms with Crippen LogP contribution in [0.3, 0.4) is 0 Å². The molecule has 24 heavy (non-hydrogen) atoms. The van der Waals surface area contributed by atoms with E-state index in [9.17, 15) is 13.6 Å². The fourth-order valence-corrected chi connectivity index (χ4v) is 3.49. The van der Waals surface area contributed by atoms with Crippen LogP contribution < -0.4 is 16.2 Å². The highest BCUT2D eigenvalue weighted by atomic mass is 19.2. The van der Waals surface area contributed by atoms with Crippen LogP contribution in [0.4, 0.5) is 14.5 Å². The van der Waals surface area contributed by atoms with Crippen molar-refractivity contribution in [2.75, 3.05) is 31.5 Å². The number of piperidine rings is 1. The molecule has 1 atom stereocenters. The van der Waals surface area contributed by atoms with Gasteiger partial charge in [0.1, 0.15) is 0 Å². The molecule has 1 aromatic carbocycles. The summed E-state index contributed by atoms with van der Waals surface area (Å²) in [6.45, 7) is 3.73. The maximum atomic E-state index is 13.1. The standard InChI is InChI=1S/C17H24F2N4O/c18-14-2-1-13(11-15(14)19)21-17(24)6-10-23-8-4-12(5-9-23)16-3-7-20-22-16/h1-2,11-12,16,20,22H,3-10H2,(H,21,24). The minimum atomic E-state index is -0.954. The largest absolute Gasteiger partial charge is 0.326 e. The molecule has 0 spiro atoms. The first-order chi connectivity index (χ1) is 11.6. The molecule has 5 nitrogen and oxygen atoms in total. The number of nitrogens with zero attached hydrogens (tertiary/aromatic N) is 1. The second-order valence-corrected chi connectivity index (χ2v) is 6.57. The number of benzene rings is 1. The molecular formula is C17H24F2N4O. The van der Waals surface area contributed by atoms with Crippen molar-refractivity contribution < 1.29 is 13.6 Å². The first kappa shape index (κ1) is 17.3. The van der Waals surface area contributed by atoms with Crippen LogP contribution in [0, 0.1) is 17.6 Å². The molecule has 0 saturated carbocycles. The van der Waals surface area contributed by atoms with Gasteiger partial charge in [-0.2, -0.15) is 0 Å². The fraction of sp³-hybridized carbons (Fsp3) is 0.588. The summed E-state index contributed by atoms with van der Waals surface area (Å²) in [6.07, 6.45) is 3.82. The van der Waals surface area contributed by atoms with Crippen LogP contribution in [0.2, 0.25) is 0 Å². The molecule has 1 amide bonds. The SMILES string of the molecule is O=C(CCN1CCC(C2CCNN2)CC1)Nc1ccc(F)c(F)c1. The summed E-state index contributed by atoms with van der Waals surface area (Å²) >= 11 is 0. The molecular weight excluding hydrogens is 314 g/mol. The Labute approximate surface area is 140 Å². The second kappa shape index (κ2) is 8.00. The zero-order chi connectivity index (χ0) is 16.9. The number of nitrogens with one attached hydrogen (secondary N) is 3. The number of amides is 1. The number of hydrogen-bond donors (Lipinski definition) is 3. The highest BCUT2D eigenvalue weighted by Gasteiger charge is 2.28. The summed E-state index contributed by atoms with van der Waals surface area (Å²) < 4.78 is 26.0. The van der Waals surface area contributed by atoms with Gasteiger partial charge in [-0.3, -0.25) is 15.6 Å². The van der Waals surface area contributed by atoms with E-state index in [4.69, 9.17) is 0 Å². The predicted octanol–water partition coefficient (Wildman–Crippen LogP) is 1.87. The Morgan fingerprint density at radius 2 is 2.00 bits per heavy atom. The number of rotatable bonds is 5. The third kappa shape index (κ3) is 4.49. The van der Waals surface area contributed by atoms with E-state index in [2.05, 4.69) is 21.1 Å². The quantitative estimate of drug-likeness (QED) is 0.767. The number of carbonyl (C=O) groups excluding carboxylic acids is 1. The molecule has 3 rings (SSSR count). The zero-order valence-corrected chi connectivity index (χ0v) is 13.7. The number of hydrazine groups is 1. The van der Waals surface area contributed by atoms with Gasteiger partial charge in [-0.05, 0) is 50.4 Å². The Balaban J connectivity index is 1.38. The summed E-state index contributed by atoms with van der Waals surface area (Å²) in [5.41, 5.74) is 6.81. The van der Waals surface area contributed by atoms with Crippen molar-refractivity contribution in [3.05, 3.63) is 29.8 Å². The Morgan fingerprint density at radius 3 is 2.67 bits per heavy atom. The van der Waals surface area contributed by atoms with E-state index in [1.807, 2.05) is 0 Å². The minimum absolute atomic E-state index is 0.176. The lowest BCUT2D eigenvalue weighted by atomic mass is 9.88. The number of carbonyl (C=O) groups is 1. The van der Waals surface area contributed by atoms with Crippen LogP contribution in [0.25, 0.3) is 0 Å². The molecule has 0 bridgehead atoms. The van der Waals surface area contributed by atoms with Gasteiger partial charge in [0.15, 0.2) is 11.6 Å². The first-order valence-electron chi connectivity index (χ1n) is 8.57. The number of hydrogen-bond acceptors (Lipinski definition) is 4. The average Bonchev–Trinajstić information content (AvgIpc) is 3.11. The highest BCUT2D eigenvalue weighted by molar-refractivity contribution is 5.90. The molecule has 132 valence electrons. The van der Waals surface area contributed by atoms with Gasteiger partial charge in [-0.25, -0.2) is 8.78 Å². The summed E-state index contributed by atoms with van der Waals surface area (Å²) in [5.74, 6) is -1.34. The Morgan fingerprint density at radius 1 is 1.21 bits per heavy atom. The summed E-state index contributed by atoms with van der Waals surface area (Å²) in [5, 5.41) is 2.61. The van der Waals surface area contributed by atoms with Gasteiger partial charge in [0.2, 0.25) is 5.91 Å². The molecule has 0 aromatic heterocycles. The smallest absolute Gasteiger partial charge is 0.225 e. The normalized spacial score (nSPS) is 22.7. The van der Waals surface area contributed by atoms with Crippen molar-refractivity contribution >= 4 is 11.6 Å². The average molecular weight is 338 g/mol. The molecule has 2 aliphatic rings. The van der Waals surface area contributed by atoms with Crippen molar-refractivity contribution in [3.63, 3.8) is 0 Å². The molecule has 1 unspecified atom stereocenters. The van der Waals surface area contributed by atoms with Crippen molar-refractivity contribution in [1.82, 2.24) is 15.8 Å². The zero-order valence-electron chi connectivity index (χ0n) is 13.7. The lowest BCUT2D eigenvalue weighted by molar-refractivity contribution is -0.116. The molecule has 7 heteroatoms. The van der Waals surface area contributed by atoms with E-state index >= 15 is 0 Å². The third-order valence-corrected chi connectivity index (χ3v) is 4.93. The van der Waals surface area contributed by atoms with Crippen molar-refractivity contribution in [1.29, 1.82) is 0 Å². The third-order valence-electron chi connectivity index (χ3n) is 4.93. The molecule has 2 heterocycles. The van der Waals surface area contributed by atoms with Gasteiger partial charge < -0.3 is 10.2 Å². The lowest BCUT2D eigenvalue weighted by Gasteiger charge is -2.34. The van der Waals surface area contributed by atoms with Crippen molar-refractivity contribution in [2.24, 2.45) is 5.92 Å². The van der Waals surface area contributed by atoms with Gasteiger partial charge in [-0.15, -0.1) is 0 Å². The molecule has 3 N–H and O–H groups in total. The topological polar surface area (TPSA) is 56.4 Å². The number of halogens is 2.